The van der Waals surface area contributed by atoms with E-state index in [-0.39, 0.29) is 5.91 Å². The molecule has 0 atom stereocenters. The number of anilines is 1. The molecule has 1 N–H and O–H groups in total. The minimum Gasteiger partial charge on any atom is -0.379 e. The van der Waals surface area contributed by atoms with E-state index in [0.29, 0.717) is 12.1 Å². The predicted octanol–water partition coefficient (Wildman–Crippen LogP) is 1.52. The summed E-state index contributed by atoms with van der Waals surface area (Å²) in [6.45, 7) is 7.48. The largest absolute Gasteiger partial charge is 0.379 e. The summed E-state index contributed by atoms with van der Waals surface area (Å²) in [4.78, 5) is 21.3. The van der Waals surface area contributed by atoms with Gasteiger partial charge in [0.1, 0.15) is 5.82 Å². The highest BCUT2D eigenvalue weighted by Crippen LogP contribution is 2.17. The maximum Gasteiger partial charge on any atom is 0.252 e. The molecule has 0 aromatic carbocycles. The summed E-state index contributed by atoms with van der Waals surface area (Å²) in [6, 6.07) is 3.85. The third kappa shape index (κ3) is 4.92. The Bertz CT molecular complexity index is 508. The number of amides is 1. The van der Waals surface area contributed by atoms with E-state index >= 15 is 0 Å². The summed E-state index contributed by atoms with van der Waals surface area (Å²) in [6.07, 6.45) is 6.42. The van der Waals surface area contributed by atoms with Crippen molar-refractivity contribution in [2.45, 2.75) is 25.7 Å². The summed E-state index contributed by atoms with van der Waals surface area (Å²) in [5, 5.41) is 2.99. The van der Waals surface area contributed by atoms with Crippen molar-refractivity contribution in [3.8, 4) is 0 Å². The van der Waals surface area contributed by atoms with Crippen LogP contribution in [0.5, 0.6) is 0 Å². The molecule has 0 spiro atoms. The lowest BCUT2D eigenvalue weighted by molar-refractivity contribution is 0.0374. The number of nitrogens with one attached hydrogen (secondary N) is 1. The van der Waals surface area contributed by atoms with E-state index in [2.05, 4.69) is 20.1 Å². The third-order valence-corrected chi connectivity index (χ3v) is 4.73. The molecule has 6 nitrogen and oxygen atoms in total. The molecule has 0 unspecified atom stereocenters. The fraction of sp³-hybridized carbons (Fsp3) is 0.667. The fourth-order valence-electron chi connectivity index (χ4n) is 3.26. The molecule has 0 saturated carbocycles. The molecule has 3 heterocycles. The van der Waals surface area contributed by atoms with Crippen LogP contribution in [0, 0.1) is 0 Å². The van der Waals surface area contributed by atoms with E-state index in [0.717, 1.165) is 58.2 Å². The van der Waals surface area contributed by atoms with Crippen molar-refractivity contribution >= 4 is 11.7 Å². The van der Waals surface area contributed by atoms with Crippen LogP contribution >= 0.6 is 0 Å². The van der Waals surface area contributed by atoms with Gasteiger partial charge in [0, 0.05) is 38.9 Å². The standard InChI is InChI=1S/C18H28N4O2/c23-18(19-7-4-8-21-11-13-24-14-12-21)16-5-6-17(20-15-16)22-9-2-1-3-10-22/h5-6,15H,1-4,7-14H2,(H,19,23). The molecule has 1 aromatic heterocycles. The van der Waals surface area contributed by atoms with Gasteiger partial charge in [0.25, 0.3) is 5.91 Å². The number of carbonyl (C=O) groups is 1. The number of piperidine rings is 1. The van der Waals surface area contributed by atoms with E-state index in [9.17, 15) is 4.79 Å². The molecule has 1 amide bonds. The van der Waals surface area contributed by atoms with Crippen LogP contribution in [-0.4, -0.2) is 68.3 Å². The zero-order valence-electron chi connectivity index (χ0n) is 14.4. The minimum absolute atomic E-state index is 0.0327. The molecule has 2 aliphatic rings. The van der Waals surface area contributed by atoms with Gasteiger partial charge in [-0.15, -0.1) is 0 Å². The molecular weight excluding hydrogens is 304 g/mol. The topological polar surface area (TPSA) is 57.7 Å². The average molecular weight is 332 g/mol. The van der Waals surface area contributed by atoms with Crippen LogP contribution in [0.25, 0.3) is 0 Å². The van der Waals surface area contributed by atoms with Gasteiger partial charge in [0.2, 0.25) is 0 Å². The Morgan fingerprint density at radius 1 is 1.12 bits per heavy atom. The molecule has 0 radical (unpaired) electrons. The molecule has 2 saturated heterocycles. The quantitative estimate of drug-likeness (QED) is 0.801. The smallest absolute Gasteiger partial charge is 0.252 e. The summed E-state index contributed by atoms with van der Waals surface area (Å²) in [5.74, 6) is 0.952. The molecule has 2 aliphatic heterocycles. The summed E-state index contributed by atoms with van der Waals surface area (Å²) >= 11 is 0. The summed E-state index contributed by atoms with van der Waals surface area (Å²) in [7, 11) is 0. The Morgan fingerprint density at radius 3 is 2.62 bits per heavy atom. The Hall–Kier alpha value is -1.66. The van der Waals surface area contributed by atoms with Crippen LogP contribution in [0.1, 0.15) is 36.0 Å². The molecule has 0 bridgehead atoms. The van der Waals surface area contributed by atoms with Gasteiger partial charge >= 0.3 is 0 Å². The van der Waals surface area contributed by atoms with Crippen molar-refractivity contribution in [3.63, 3.8) is 0 Å². The lowest BCUT2D eigenvalue weighted by Gasteiger charge is -2.27. The average Bonchev–Trinajstić information content (AvgIpc) is 2.67. The molecule has 6 heteroatoms. The fourth-order valence-corrected chi connectivity index (χ4v) is 3.26. The van der Waals surface area contributed by atoms with Crippen molar-refractivity contribution in [1.29, 1.82) is 0 Å². The first kappa shape index (κ1) is 17.2. The second kappa shape index (κ2) is 8.99. The molecule has 132 valence electrons. The van der Waals surface area contributed by atoms with Gasteiger partial charge in [-0.05, 0) is 44.4 Å². The number of nitrogens with zero attached hydrogens (tertiary/aromatic N) is 3. The Labute approximate surface area is 144 Å². The normalized spacial score (nSPS) is 19.2. The number of carbonyl (C=O) groups excluding carboxylic acids is 1. The second-order valence-corrected chi connectivity index (χ2v) is 6.52. The highest BCUT2D eigenvalue weighted by atomic mass is 16.5. The zero-order valence-corrected chi connectivity index (χ0v) is 14.4. The maximum atomic E-state index is 12.2. The lowest BCUT2D eigenvalue weighted by atomic mass is 10.1. The number of hydrogen-bond donors (Lipinski definition) is 1. The summed E-state index contributed by atoms with van der Waals surface area (Å²) in [5.41, 5.74) is 0.641. The number of pyridine rings is 1. The van der Waals surface area contributed by atoms with Crippen molar-refractivity contribution < 1.29 is 9.53 Å². The zero-order chi connectivity index (χ0) is 16.6. The van der Waals surface area contributed by atoms with Crippen LogP contribution < -0.4 is 10.2 Å². The first-order chi connectivity index (χ1) is 11.8. The van der Waals surface area contributed by atoms with Gasteiger partial charge in [-0.1, -0.05) is 0 Å². The second-order valence-electron chi connectivity index (χ2n) is 6.52. The van der Waals surface area contributed by atoms with Crippen LogP contribution in [0.15, 0.2) is 18.3 Å². The lowest BCUT2D eigenvalue weighted by Crippen LogP contribution is -2.38. The third-order valence-electron chi connectivity index (χ3n) is 4.73. The number of aromatic nitrogens is 1. The van der Waals surface area contributed by atoms with Crippen LogP contribution in [0.3, 0.4) is 0 Å². The van der Waals surface area contributed by atoms with Gasteiger partial charge in [-0.25, -0.2) is 4.98 Å². The van der Waals surface area contributed by atoms with Crippen LogP contribution in [0.2, 0.25) is 0 Å². The monoisotopic (exact) mass is 332 g/mol. The molecule has 0 aliphatic carbocycles. The summed E-state index contributed by atoms with van der Waals surface area (Å²) < 4.78 is 5.33. The highest BCUT2D eigenvalue weighted by Gasteiger charge is 2.13. The number of morpholine rings is 1. The predicted molar refractivity (Wildman–Crippen MR) is 94.5 cm³/mol. The first-order valence-electron chi connectivity index (χ1n) is 9.12. The van der Waals surface area contributed by atoms with E-state index in [1.807, 2.05) is 12.1 Å². The number of hydrogen-bond acceptors (Lipinski definition) is 5. The molecule has 3 rings (SSSR count). The highest BCUT2D eigenvalue weighted by molar-refractivity contribution is 5.94. The van der Waals surface area contributed by atoms with Gasteiger partial charge in [0.05, 0.1) is 18.8 Å². The molecule has 24 heavy (non-hydrogen) atoms. The van der Waals surface area contributed by atoms with Gasteiger partial charge in [-0.3, -0.25) is 9.69 Å². The SMILES string of the molecule is O=C(NCCCN1CCOCC1)c1ccc(N2CCCCC2)nc1. The Balaban J connectivity index is 1.39. The van der Waals surface area contributed by atoms with Crippen LogP contribution in [-0.2, 0) is 4.74 Å². The molecule has 1 aromatic rings. The molecular formula is C18H28N4O2. The van der Waals surface area contributed by atoms with Crippen molar-refractivity contribution in [2.75, 3.05) is 57.4 Å². The Morgan fingerprint density at radius 2 is 1.92 bits per heavy atom. The Kier molecular flexibility index (Phi) is 6.43. The maximum absolute atomic E-state index is 12.2. The number of ether oxygens (including phenoxy) is 1. The van der Waals surface area contributed by atoms with Crippen molar-refractivity contribution in [3.05, 3.63) is 23.9 Å². The molecule has 2 fully saturated rings. The van der Waals surface area contributed by atoms with Gasteiger partial charge < -0.3 is 15.0 Å². The van der Waals surface area contributed by atoms with Gasteiger partial charge in [-0.2, -0.15) is 0 Å². The van der Waals surface area contributed by atoms with E-state index < -0.39 is 0 Å². The first-order valence-corrected chi connectivity index (χ1v) is 9.12. The van der Waals surface area contributed by atoms with Gasteiger partial charge in [0.15, 0.2) is 0 Å². The van der Waals surface area contributed by atoms with Crippen molar-refractivity contribution in [1.82, 2.24) is 15.2 Å². The minimum atomic E-state index is -0.0327. The van der Waals surface area contributed by atoms with E-state index in [1.54, 1.807) is 6.20 Å². The number of rotatable bonds is 6. The van der Waals surface area contributed by atoms with E-state index in [1.165, 1.54) is 19.3 Å². The van der Waals surface area contributed by atoms with Crippen molar-refractivity contribution in [2.24, 2.45) is 0 Å². The van der Waals surface area contributed by atoms with E-state index in [4.69, 9.17) is 4.74 Å². The van der Waals surface area contributed by atoms with Crippen LogP contribution in [0.4, 0.5) is 5.82 Å².